The molecule has 1 saturated heterocycles. The van der Waals surface area contributed by atoms with Crippen molar-refractivity contribution in [3.8, 4) is 11.5 Å². The molecule has 8 heteroatoms. The van der Waals surface area contributed by atoms with Crippen LogP contribution in [0.3, 0.4) is 0 Å². The lowest BCUT2D eigenvalue weighted by molar-refractivity contribution is -0.113. The van der Waals surface area contributed by atoms with Gasteiger partial charge in [0.1, 0.15) is 12.4 Å². The number of imide groups is 1. The van der Waals surface area contributed by atoms with Gasteiger partial charge < -0.3 is 9.47 Å². The summed E-state index contributed by atoms with van der Waals surface area (Å²) in [6.45, 7) is 2.64. The maximum Gasteiger partial charge on any atom is 0.298 e. The molecule has 1 aliphatic rings. The summed E-state index contributed by atoms with van der Waals surface area (Å²) in [6.07, 6.45) is 1.62. The smallest absolute Gasteiger partial charge is 0.298 e. The quantitative estimate of drug-likeness (QED) is 0.350. The van der Waals surface area contributed by atoms with Crippen LogP contribution < -0.4 is 14.4 Å². The van der Waals surface area contributed by atoms with E-state index >= 15 is 0 Å². The van der Waals surface area contributed by atoms with Crippen LogP contribution >= 0.6 is 23.4 Å². The number of hydrogen-bond donors (Lipinski definition) is 0. The summed E-state index contributed by atoms with van der Waals surface area (Å²) in [4.78, 5) is 26.5. The molecular formula is C25H19ClFNO4S. The molecule has 0 spiro atoms. The second-order valence-corrected chi connectivity index (χ2v) is 8.48. The molecule has 0 aromatic heterocycles. The van der Waals surface area contributed by atoms with Crippen LogP contribution in [0.5, 0.6) is 11.5 Å². The monoisotopic (exact) mass is 483 g/mol. The number of amides is 2. The van der Waals surface area contributed by atoms with Crippen LogP contribution in [0.4, 0.5) is 14.9 Å². The Morgan fingerprint density at radius 1 is 0.970 bits per heavy atom. The van der Waals surface area contributed by atoms with Crippen molar-refractivity contribution in [1.82, 2.24) is 0 Å². The first-order chi connectivity index (χ1) is 15.9. The van der Waals surface area contributed by atoms with E-state index in [2.05, 4.69) is 0 Å². The summed E-state index contributed by atoms with van der Waals surface area (Å²) < 4.78 is 24.8. The normalized spacial score (nSPS) is 14.8. The molecule has 33 heavy (non-hydrogen) atoms. The zero-order valence-electron chi connectivity index (χ0n) is 17.6. The van der Waals surface area contributed by atoms with Crippen LogP contribution in [0.2, 0.25) is 5.02 Å². The van der Waals surface area contributed by atoms with Gasteiger partial charge in [-0.25, -0.2) is 9.29 Å². The summed E-state index contributed by atoms with van der Waals surface area (Å²) in [6, 6.07) is 17.9. The van der Waals surface area contributed by atoms with Gasteiger partial charge in [0.25, 0.3) is 11.1 Å². The number of nitrogens with zero attached hydrogens (tertiary/aromatic N) is 1. The molecule has 0 radical (unpaired) electrons. The number of thioether (sulfide) groups is 1. The lowest BCUT2D eigenvalue weighted by Crippen LogP contribution is -2.27. The van der Waals surface area contributed by atoms with E-state index in [-0.39, 0.29) is 4.91 Å². The minimum atomic E-state index is -0.461. The lowest BCUT2D eigenvalue weighted by atomic mass is 10.1. The van der Waals surface area contributed by atoms with Crippen molar-refractivity contribution in [3.63, 3.8) is 0 Å². The first-order valence-corrected chi connectivity index (χ1v) is 11.3. The Labute approximate surface area is 199 Å². The number of ether oxygens (including phenoxy) is 2. The number of carbonyl (C=O) groups is 2. The third-order valence-corrected chi connectivity index (χ3v) is 5.87. The highest BCUT2D eigenvalue weighted by atomic mass is 35.5. The molecule has 0 N–H and O–H groups in total. The van der Waals surface area contributed by atoms with Crippen LogP contribution in [0.25, 0.3) is 6.08 Å². The van der Waals surface area contributed by atoms with Crippen molar-refractivity contribution in [2.45, 2.75) is 13.5 Å². The Kier molecular flexibility index (Phi) is 7.01. The molecule has 0 saturated carbocycles. The minimum absolute atomic E-state index is 0.265. The predicted molar refractivity (Wildman–Crippen MR) is 128 cm³/mol. The molecule has 4 rings (SSSR count). The largest absolute Gasteiger partial charge is 0.490 e. The molecule has 0 unspecified atom stereocenters. The highest BCUT2D eigenvalue weighted by molar-refractivity contribution is 8.19. The van der Waals surface area contributed by atoms with E-state index < -0.39 is 17.0 Å². The molecule has 1 fully saturated rings. The van der Waals surface area contributed by atoms with E-state index in [1.807, 2.05) is 19.1 Å². The van der Waals surface area contributed by atoms with Crippen LogP contribution in [-0.2, 0) is 11.4 Å². The Hall–Kier alpha value is -3.29. The average molecular weight is 484 g/mol. The lowest BCUT2D eigenvalue weighted by Gasteiger charge is -2.13. The Morgan fingerprint density at radius 2 is 1.70 bits per heavy atom. The molecule has 1 aliphatic heterocycles. The molecular weight excluding hydrogens is 465 g/mol. The van der Waals surface area contributed by atoms with Crippen LogP contribution in [0.15, 0.2) is 71.6 Å². The summed E-state index contributed by atoms with van der Waals surface area (Å²) in [5.74, 6) is 0.182. The van der Waals surface area contributed by atoms with Gasteiger partial charge in [-0.05, 0) is 84.4 Å². The average Bonchev–Trinajstić information content (AvgIpc) is 3.08. The van der Waals surface area contributed by atoms with Crippen LogP contribution in [0.1, 0.15) is 18.1 Å². The van der Waals surface area contributed by atoms with E-state index in [0.29, 0.717) is 41.0 Å². The summed E-state index contributed by atoms with van der Waals surface area (Å²) in [5, 5.41) is 0.216. The molecule has 168 valence electrons. The van der Waals surface area contributed by atoms with Crippen molar-refractivity contribution < 1.29 is 23.5 Å². The van der Waals surface area contributed by atoms with Crippen LogP contribution in [0, 0.1) is 5.82 Å². The maximum atomic E-state index is 13.2. The number of benzene rings is 3. The van der Waals surface area contributed by atoms with Crippen molar-refractivity contribution in [2.75, 3.05) is 11.5 Å². The van der Waals surface area contributed by atoms with Crippen molar-refractivity contribution in [1.29, 1.82) is 0 Å². The summed E-state index contributed by atoms with van der Waals surface area (Å²) >= 11 is 6.75. The second-order valence-electron chi connectivity index (χ2n) is 7.05. The van der Waals surface area contributed by atoms with Gasteiger partial charge in [-0.1, -0.05) is 29.8 Å². The third kappa shape index (κ3) is 5.38. The van der Waals surface area contributed by atoms with Gasteiger partial charge in [0.15, 0.2) is 11.5 Å². The summed E-state index contributed by atoms with van der Waals surface area (Å²) in [7, 11) is 0. The Balaban J connectivity index is 1.54. The predicted octanol–water partition coefficient (Wildman–Crippen LogP) is 6.70. The van der Waals surface area contributed by atoms with E-state index in [9.17, 15) is 14.0 Å². The van der Waals surface area contributed by atoms with E-state index in [4.69, 9.17) is 21.1 Å². The zero-order valence-corrected chi connectivity index (χ0v) is 19.2. The number of rotatable bonds is 7. The van der Waals surface area contributed by atoms with Crippen molar-refractivity contribution >= 4 is 46.3 Å². The SMILES string of the molecule is CCOc1cc(/C=C2\SC(=O)N(c3ccc(F)cc3)C2=O)ccc1OCc1ccc(Cl)cc1. The maximum absolute atomic E-state index is 13.2. The van der Waals surface area contributed by atoms with Gasteiger partial charge in [-0.3, -0.25) is 9.59 Å². The minimum Gasteiger partial charge on any atom is -0.490 e. The number of anilines is 1. The number of halogens is 2. The van der Waals surface area contributed by atoms with Gasteiger partial charge in [-0.15, -0.1) is 0 Å². The van der Waals surface area contributed by atoms with Gasteiger partial charge in [0.05, 0.1) is 17.2 Å². The first-order valence-electron chi connectivity index (χ1n) is 10.1. The zero-order chi connectivity index (χ0) is 23.4. The molecule has 3 aromatic carbocycles. The molecule has 0 atom stereocenters. The first kappa shape index (κ1) is 22.9. The molecule has 0 bridgehead atoms. The van der Waals surface area contributed by atoms with Gasteiger partial charge >= 0.3 is 0 Å². The Morgan fingerprint density at radius 3 is 2.39 bits per heavy atom. The fourth-order valence-electron chi connectivity index (χ4n) is 3.18. The third-order valence-electron chi connectivity index (χ3n) is 4.75. The fourth-order valence-corrected chi connectivity index (χ4v) is 4.14. The van der Waals surface area contributed by atoms with Crippen LogP contribution in [-0.4, -0.2) is 17.8 Å². The molecule has 2 amide bonds. The van der Waals surface area contributed by atoms with Crippen molar-refractivity contribution in [2.24, 2.45) is 0 Å². The van der Waals surface area contributed by atoms with Crippen molar-refractivity contribution in [3.05, 3.63) is 93.6 Å². The number of carbonyl (C=O) groups excluding carboxylic acids is 2. The van der Waals surface area contributed by atoms with Gasteiger partial charge in [0.2, 0.25) is 0 Å². The van der Waals surface area contributed by atoms with Gasteiger partial charge in [-0.2, -0.15) is 0 Å². The highest BCUT2D eigenvalue weighted by Crippen LogP contribution is 2.37. The fraction of sp³-hybridized carbons (Fsp3) is 0.120. The summed E-state index contributed by atoms with van der Waals surface area (Å²) in [5.41, 5.74) is 1.96. The second kappa shape index (κ2) is 10.1. The van der Waals surface area contributed by atoms with E-state index in [1.54, 1.807) is 36.4 Å². The molecule has 0 aliphatic carbocycles. The highest BCUT2D eigenvalue weighted by Gasteiger charge is 2.36. The Bertz CT molecular complexity index is 1210. The molecule has 5 nitrogen and oxygen atoms in total. The molecule has 3 aromatic rings. The molecule has 1 heterocycles. The van der Waals surface area contributed by atoms with Gasteiger partial charge in [0, 0.05) is 5.02 Å². The van der Waals surface area contributed by atoms with E-state index in [1.165, 1.54) is 24.3 Å². The standard InChI is InChI=1S/C25H19ClFNO4S/c1-2-31-22-13-17(5-12-21(22)32-15-16-3-6-18(26)7-4-16)14-23-24(29)28(25(30)33-23)20-10-8-19(27)9-11-20/h3-14H,2,15H2,1H3/b23-14-. The topological polar surface area (TPSA) is 55.8 Å². The number of hydrogen-bond acceptors (Lipinski definition) is 5. The van der Waals surface area contributed by atoms with E-state index in [0.717, 1.165) is 22.2 Å².